The number of carbonyl (C=O) groups is 4. The van der Waals surface area contributed by atoms with Gasteiger partial charge in [0.25, 0.3) is 0 Å². The second-order valence-electron chi connectivity index (χ2n) is 11.2. The van der Waals surface area contributed by atoms with Crippen molar-refractivity contribution in [1.82, 2.24) is 19.5 Å². The minimum absolute atomic E-state index is 0.119. The second kappa shape index (κ2) is 12.1. The molecule has 2 aliphatic rings. The van der Waals surface area contributed by atoms with E-state index in [2.05, 4.69) is 9.69 Å². The van der Waals surface area contributed by atoms with Gasteiger partial charge in [-0.05, 0) is 68.2 Å². The molecule has 3 amide bonds. The minimum Gasteiger partial charge on any atom is -0.487 e. The molecule has 2 N–H and O–H groups in total. The van der Waals surface area contributed by atoms with Crippen LogP contribution < -0.4 is 10.1 Å². The highest BCUT2D eigenvalue weighted by atomic mass is 35.5. The number of nitrogens with zero attached hydrogens (tertiary/aromatic N) is 4. The molecule has 0 bridgehead atoms. The van der Waals surface area contributed by atoms with Gasteiger partial charge in [-0.3, -0.25) is 24.3 Å². The van der Waals surface area contributed by atoms with Crippen molar-refractivity contribution in [3.63, 3.8) is 0 Å². The Morgan fingerprint density at radius 2 is 1.88 bits per heavy atom. The number of halogens is 1. The van der Waals surface area contributed by atoms with Crippen LogP contribution in [0.15, 0.2) is 58.9 Å². The summed E-state index contributed by atoms with van der Waals surface area (Å²) in [5, 5.41) is 14.3. The van der Waals surface area contributed by atoms with Gasteiger partial charge in [-0.15, -0.1) is 0 Å². The number of hydrogen-bond donors (Lipinski definition) is 2. The number of aliphatic imine (C=N–C) groups is 1. The van der Waals surface area contributed by atoms with Gasteiger partial charge in [0.05, 0.1) is 11.3 Å². The maximum absolute atomic E-state index is 14.3. The maximum atomic E-state index is 14.3. The molecule has 2 aromatic carbocycles. The molecular formula is C30H30ClN5O6S. The van der Waals surface area contributed by atoms with Crippen LogP contribution in [-0.4, -0.2) is 74.0 Å². The van der Waals surface area contributed by atoms with Crippen LogP contribution in [0.4, 0.5) is 4.79 Å². The number of amidine groups is 1. The summed E-state index contributed by atoms with van der Waals surface area (Å²) in [5.41, 5.74) is 1.27. The van der Waals surface area contributed by atoms with Crippen LogP contribution >= 0.6 is 23.1 Å². The van der Waals surface area contributed by atoms with E-state index in [1.54, 1.807) is 18.2 Å². The predicted octanol–water partition coefficient (Wildman–Crippen LogP) is 4.73. The molecule has 2 atom stereocenters. The molecular weight excluding hydrogens is 594 g/mol. The molecule has 0 aliphatic carbocycles. The van der Waals surface area contributed by atoms with Crippen LogP contribution in [0.3, 0.4) is 0 Å². The standard InChI is InChI=1S/C30H30ClN5O6S/c1-30(2,3)42-23-14-18(22(37)15-25(39)40)6-9-20(23)28-33-26(17-4-7-19(31)8-5-17)27(21-10-13-43-34-21)36(28)29(41)35-12-11-32-24(38)16-35/h4-10,13-14,26-27H,11-12,15-16H2,1-3H3,(H,32,38)(H,39,40)/t26-,27+/m0/s1. The molecule has 1 fully saturated rings. The molecule has 3 aromatic rings. The van der Waals surface area contributed by atoms with E-state index in [-0.39, 0.29) is 29.6 Å². The van der Waals surface area contributed by atoms with Crippen molar-refractivity contribution in [2.45, 2.75) is 44.9 Å². The summed E-state index contributed by atoms with van der Waals surface area (Å²) in [5.74, 6) is -1.57. The summed E-state index contributed by atoms with van der Waals surface area (Å²) in [6.45, 7) is 6.00. The number of piperazine rings is 1. The summed E-state index contributed by atoms with van der Waals surface area (Å²) < 4.78 is 10.9. The number of aliphatic carboxylic acids is 1. The SMILES string of the molecule is CC(C)(C)Oc1cc(C(=O)CC(=O)O)ccc1C1=N[C@@H](c2ccc(Cl)cc2)[C@@H](c2ccsn2)N1C(=O)N1CCNC(=O)C1. The number of urea groups is 1. The number of rotatable bonds is 7. The third-order valence-corrected chi connectivity index (χ3v) is 7.65. The molecule has 1 saturated heterocycles. The van der Waals surface area contributed by atoms with E-state index < -0.39 is 41.9 Å². The van der Waals surface area contributed by atoms with Gasteiger partial charge in [-0.25, -0.2) is 4.79 Å². The second-order valence-corrected chi connectivity index (χ2v) is 12.3. The Morgan fingerprint density at radius 1 is 1.14 bits per heavy atom. The number of aromatic nitrogens is 1. The van der Waals surface area contributed by atoms with E-state index in [1.165, 1.54) is 33.5 Å². The fourth-order valence-corrected chi connectivity index (χ4v) is 5.70. The van der Waals surface area contributed by atoms with Gasteiger partial charge in [-0.1, -0.05) is 29.8 Å². The van der Waals surface area contributed by atoms with Gasteiger partial charge >= 0.3 is 12.0 Å². The molecule has 1 aromatic heterocycles. The monoisotopic (exact) mass is 623 g/mol. The lowest BCUT2D eigenvalue weighted by atomic mass is 9.97. The number of amides is 3. The van der Waals surface area contributed by atoms with Crippen molar-refractivity contribution < 1.29 is 29.0 Å². The van der Waals surface area contributed by atoms with E-state index in [0.717, 1.165) is 5.56 Å². The van der Waals surface area contributed by atoms with E-state index >= 15 is 0 Å². The van der Waals surface area contributed by atoms with Crippen LogP contribution in [0.5, 0.6) is 5.75 Å². The first-order valence-corrected chi connectivity index (χ1v) is 14.8. The van der Waals surface area contributed by atoms with Crippen LogP contribution in [0, 0.1) is 0 Å². The summed E-state index contributed by atoms with van der Waals surface area (Å²) >= 11 is 7.44. The fourth-order valence-electron chi connectivity index (χ4n) is 5.02. The van der Waals surface area contributed by atoms with Crippen molar-refractivity contribution in [3.8, 4) is 5.75 Å². The number of carbonyl (C=O) groups excluding carboxylic acids is 3. The molecule has 3 heterocycles. The number of carboxylic acids is 1. The Labute approximate surface area is 257 Å². The molecule has 5 rings (SSSR count). The van der Waals surface area contributed by atoms with E-state index in [0.29, 0.717) is 29.4 Å². The van der Waals surface area contributed by atoms with Gasteiger partial charge in [0.15, 0.2) is 5.78 Å². The number of carboxylic acid groups (broad SMARTS) is 1. The van der Waals surface area contributed by atoms with Gasteiger partial charge in [0, 0.05) is 29.1 Å². The molecule has 11 nitrogen and oxygen atoms in total. The number of Topliss-reactive ketones (excluding diaryl/α,β-unsaturated/α-hetero) is 1. The summed E-state index contributed by atoms with van der Waals surface area (Å²) in [6, 6.07) is 11.9. The van der Waals surface area contributed by atoms with Crippen LogP contribution in [-0.2, 0) is 9.59 Å². The first kappa shape index (κ1) is 30.2. The molecule has 0 spiro atoms. The zero-order valence-corrected chi connectivity index (χ0v) is 25.3. The highest BCUT2D eigenvalue weighted by Gasteiger charge is 2.46. The van der Waals surface area contributed by atoms with Crippen molar-refractivity contribution in [3.05, 3.63) is 81.3 Å². The molecule has 43 heavy (non-hydrogen) atoms. The maximum Gasteiger partial charge on any atom is 0.326 e. The van der Waals surface area contributed by atoms with Crippen molar-refractivity contribution in [2.75, 3.05) is 19.6 Å². The number of hydrogen-bond acceptors (Lipinski definition) is 8. The zero-order chi connectivity index (χ0) is 30.9. The number of ether oxygens (including phenoxy) is 1. The molecule has 224 valence electrons. The van der Waals surface area contributed by atoms with E-state index in [1.807, 2.05) is 44.4 Å². The predicted molar refractivity (Wildman–Crippen MR) is 161 cm³/mol. The highest BCUT2D eigenvalue weighted by Crippen LogP contribution is 2.45. The Balaban J connectivity index is 1.69. The number of benzene rings is 2. The van der Waals surface area contributed by atoms with Gasteiger partial charge in [0.1, 0.15) is 42.2 Å². The average molecular weight is 624 g/mol. The Kier molecular flexibility index (Phi) is 8.52. The normalized spacial score (nSPS) is 18.7. The van der Waals surface area contributed by atoms with E-state index in [4.69, 9.17) is 21.3 Å². The van der Waals surface area contributed by atoms with Gasteiger partial charge < -0.3 is 20.1 Å². The quantitative estimate of drug-likeness (QED) is 0.286. The van der Waals surface area contributed by atoms with Crippen LogP contribution in [0.2, 0.25) is 5.02 Å². The van der Waals surface area contributed by atoms with Crippen molar-refractivity contribution in [1.29, 1.82) is 0 Å². The average Bonchev–Trinajstić information content (AvgIpc) is 3.60. The lowest BCUT2D eigenvalue weighted by molar-refractivity contribution is -0.136. The lowest BCUT2D eigenvalue weighted by Crippen LogP contribution is -2.55. The Morgan fingerprint density at radius 3 is 2.51 bits per heavy atom. The smallest absolute Gasteiger partial charge is 0.326 e. The first-order chi connectivity index (χ1) is 20.4. The number of ketones is 1. The Bertz CT molecular complexity index is 1590. The summed E-state index contributed by atoms with van der Waals surface area (Å²) in [6.07, 6.45) is -0.679. The molecule has 2 aliphatic heterocycles. The fraction of sp³-hybridized carbons (Fsp3) is 0.333. The van der Waals surface area contributed by atoms with Crippen LogP contribution in [0.1, 0.15) is 66.5 Å². The zero-order valence-electron chi connectivity index (χ0n) is 23.7. The third kappa shape index (κ3) is 6.70. The highest BCUT2D eigenvalue weighted by molar-refractivity contribution is 7.03. The number of nitrogens with one attached hydrogen (secondary N) is 1. The van der Waals surface area contributed by atoms with Crippen molar-refractivity contribution >= 4 is 52.7 Å². The molecule has 0 radical (unpaired) electrons. The van der Waals surface area contributed by atoms with E-state index in [9.17, 15) is 24.3 Å². The summed E-state index contributed by atoms with van der Waals surface area (Å²) in [7, 11) is 0. The molecule has 0 unspecified atom stereocenters. The topological polar surface area (TPSA) is 142 Å². The van der Waals surface area contributed by atoms with Crippen LogP contribution in [0.25, 0.3) is 0 Å². The third-order valence-electron chi connectivity index (χ3n) is 6.83. The first-order valence-electron chi connectivity index (χ1n) is 13.6. The lowest BCUT2D eigenvalue weighted by Gasteiger charge is -2.35. The molecule has 0 saturated carbocycles. The molecule has 13 heteroatoms. The summed E-state index contributed by atoms with van der Waals surface area (Å²) in [4.78, 5) is 58.7. The minimum atomic E-state index is -1.24. The largest absolute Gasteiger partial charge is 0.487 e. The Hall–Kier alpha value is -4.29. The van der Waals surface area contributed by atoms with Crippen molar-refractivity contribution in [2.24, 2.45) is 4.99 Å². The van der Waals surface area contributed by atoms with Gasteiger partial charge in [-0.2, -0.15) is 4.37 Å². The van der Waals surface area contributed by atoms with Gasteiger partial charge in [0.2, 0.25) is 5.91 Å².